The molecule has 1 atom stereocenters. The number of hydrogen-bond acceptors (Lipinski definition) is 9. The number of carbonyl (C=O) groups excluding carboxylic acids is 3. The van der Waals surface area contributed by atoms with Crippen molar-refractivity contribution in [2.75, 3.05) is 0 Å². The van der Waals surface area contributed by atoms with Crippen LogP contribution in [0.5, 0.6) is 0 Å². The smallest absolute Gasteiger partial charge is 0.461 e. The Morgan fingerprint density at radius 2 is 1.81 bits per heavy atom. The SMILES string of the molecule is Cc1oc(=O)oc1COC(=O)SC(C)(C)C(NC(=O)C(C)C)C(=O)OC1CCCCC1. The number of carbonyl (C=O) groups is 3. The van der Waals surface area contributed by atoms with E-state index in [1.807, 2.05) is 0 Å². The molecule has 1 unspecified atom stereocenters. The summed E-state index contributed by atoms with van der Waals surface area (Å²) < 4.78 is 19.3. The topological polar surface area (TPSA) is 125 Å². The van der Waals surface area contributed by atoms with Crippen LogP contribution in [0.3, 0.4) is 0 Å². The van der Waals surface area contributed by atoms with Crippen LogP contribution in [0.25, 0.3) is 0 Å². The van der Waals surface area contributed by atoms with Crippen molar-refractivity contribution in [2.24, 2.45) is 5.92 Å². The third-order valence-electron chi connectivity index (χ3n) is 5.08. The van der Waals surface area contributed by atoms with E-state index in [0.29, 0.717) is 0 Å². The second-order valence-electron chi connectivity index (χ2n) is 8.47. The molecule has 1 saturated carbocycles. The molecule has 0 radical (unpaired) electrons. The summed E-state index contributed by atoms with van der Waals surface area (Å²) in [7, 11) is 0. The van der Waals surface area contributed by atoms with Gasteiger partial charge in [-0.15, -0.1) is 0 Å². The molecule has 1 heterocycles. The van der Waals surface area contributed by atoms with E-state index < -0.39 is 27.9 Å². The molecule has 1 aromatic heterocycles. The van der Waals surface area contributed by atoms with Crippen LogP contribution in [0.4, 0.5) is 4.79 Å². The van der Waals surface area contributed by atoms with Crippen molar-refractivity contribution in [3.8, 4) is 0 Å². The van der Waals surface area contributed by atoms with Crippen LogP contribution in [-0.2, 0) is 25.7 Å². The molecule has 174 valence electrons. The van der Waals surface area contributed by atoms with E-state index in [4.69, 9.17) is 18.3 Å². The summed E-state index contributed by atoms with van der Waals surface area (Å²) in [4.78, 5) is 48.8. The van der Waals surface area contributed by atoms with Gasteiger partial charge in [-0.3, -0.25) is 4.79 Å². The van der Waals surface area contributed by atoms with E-state index in [1.54, 1.807) is 27.7 Å². The van der Waals surface area contributed by atoms with E-state index in [0.717, 1.165) is 43.9 Å². The Bertz CT molecular complexity index is 835. The number of aryl methyl sites for hydroxylation is 1. The number of thioether (sulfide) groups is 1. The van der Waals surface area contributed by atoms with Crippen molar-refractivity contribution in [3.63, 3.8) is 0 Å². The highest BCUT2D eigenvalue weighted by molar-refractivity contribution is 8.14. The van der Waals surface area contributed by atoms with Crippen molar-refractivity contribution in [1.29, 1.82) is 0 Å². The summed E-state index contributed by atoms with van der Waals surface area (Å²) in [6, 6.07) is -1.05. The van der Waals surface area contributed by atoms with Gasteiger partial charge in [-0.05, 0) is 58.2 Å². The molecule has 1 aromatic rings. The van der Waals surface area contributed by atoms with Gasteiger partial charge in [0, 0.05) is 5.92 Å². The van der Waals surface area contributed by atoms with Gasteiger partial charge in [-0.25, -0.2) is 14.4 Å². The fourth-order valence-electron chi connectivity index (χ4n) is 3.17. The largest absolute Gasteiger partial charge is 0.519 e. The van der Waals surface area contributed by atoms with E-state index in [-0.39, 0.29) is 36.1 Å². The second-order valence-corrected chi connectivity index (χ2v) is 10.1. The average molecular weight is 458 g/mol. The molecule has 0 aliphatic heterocycles. The summed E-state index contributed by atoms with van der Waals surface area (Å²) in [6.07, 6.45) is 4.51. The van der Waals surface area contributed by atoms with Crippen LogP contribution in [0.15, 0.2) is 13.6 Å². The highest BCUT2D eigenvalue weighted by Gasteiger charge is 2.42. The van der Waals surface area contributed by atoms with Gasteiger partial charge in [0.25, 0.3) is 0 Å². The van der Waals surface area contributed by atoms with Crippen LogP contribution in [0, 0.1) is 12.8 Å². The van der Waals surface area contributed by atoms with Crippen LogP contribution < -0.4 is 11.1 Å². The maximum absolute atomic E-state index is 13.0. The van der Waals surface area contributed by atoms with Crippen LogP contribution in [-0.4, -0.2) is 34.1 Å². The Balaban J connectivity index is 2.06. The first-order valence-corrected chi connectivity index (χ1v) is 11.3. The fourth-order valence-corrected chi connectivity index (χ4v) is 4.00. The third kappa shape index (κ3) is 7.45. The minimum atomic E-state index is -1.06. The van der Waals surface area contributed by atoms with Crippen molar-refractivity contribution < 1.29 is 32.7 Å². The van der Waals surface area contributed by atoms with Crippen molar-refractivity contribution in [1.82, 2.24) is 5.32 Å². The van der Waals surface area contributed by atoms with Gasteiger partial charge in [-0.1, -0.05) is 20.3 Å². The fraction of sp³-hybridized carbons (Fsp3) is 0.714. The molecule has 1 aliphatic rings. The lowest BCUT2D eigenvalue weighted by Crippen LogP contribution is -2.55. The predicted molar refractivity (Wildman–Crippen MR) is 114 cm³/mol. The van der Waals surface area contributed by atoms with Crippen molar-refractivity contribution in [3.05, 3.63) is 22.1 Å². The number of hydrogen-bond donors (Lipinski definition) is 1. The van der Waals surface area contributed by atoms with E-state index in [2.05, 4.69) is 5.32 Å². The Kier molecular flexibility index (Phi) is 8.79. The Morgan fingerprint density at radius 3 is 2.35 bits per heavy atom. The van der Waals surface area contributed by atoms with Gasteiger partial charge in [0.1, 0.15) is 12.1 Å². The van der Waals surface area contributed by atoms with Crippen LogP contribution >= 0.6 is 11.8 Å². The summed E-state index contributed by atoms with van der Waals surface area (Å²) in [5.74, 6) is -1.77. The lowest BCUT2D eigenvalue weighted by Gasteiger charge is -2.33. The molecule has 1 N–H and O–H groups in total. The maximum atomic E-state index is 13.0. The Labute approximate surface area is 185 Å². The van der Waals surface area contributed by atoms with Gasteiger partial charge in [0.05, 0.1) is 4.75 Å². The minimum Gasteiger partial charge on any atom is -0.461 e. The quantitative estimate of drug-likeness (QED) is 0.581. The summed E-state index contributed by atoms with van der Waals surface area (Å²) in [6.45, 7) is 7.99. The van der Waals surface area contributed by atoms with Crippen molar-refractivity contribution >= 4 is 28.9 Å². The van der Waals surface area contributed by atoms with Gasteiger partial charge in [-0.2, -0.15) is 0 Å². The third-order valence-corrected chi connectivity index (χ3v) is 6.13. The second kappa shape index (κ2) is 10.9. The number of esters is 1. The zero-order valence-electron chi connectivity index (χ0n) is 18.6. The maximum Gasteiger partial charge on any atom is 0.519 e. The molecule has 0 bridgehead atoms. The van der Waals surface area contributed by atoms with Gasteiger partial charge in [0.15, 0.2) is 18.1 Å². The molecule has 1 amide bonds. The molecule has 1 fully saturated rings. The average Bonchev–Trinajstić information content (AvgIpc) is 3.01. The zero-order valence-corrected chi connectivity index (χ0v) is 19.5. The van der Waals surface area contributed by atoms with E-state index in [9.17, 15) is 19.2 Å². The molecule has 1 aliphatic carbocycles. The van der Waals surface area contributed by atoms with Gasteiger partial charge < -0.3 is 23.6 Å². The molecule has 9 nitrogen and oxygen atoms in total. The molecule has 0 spiro atoms. The molecule has 31 heavy (non-hydrogen) atoms. The summed E-state index contributed by atoms with van der Waals surface area (Å²) in [5, 5.41) is 2.03. The standard InChI is InChI=1S/C21H31NO8S/c1-12(2)17(23)22-16(18(24)29-14-9-7-6-8-10-14)21(4,5)31-20(26)27-11-15-13(3)28-19(25)30-15/h12,14,16H,6-11H2,1-5H3,(H,22,23). The molecule has 0 saturated heterocycles. The van der Waals surface area contributed by atoms with Crippen molar-refractivity contribution in [2.45, 2.75) is 90.2 Å². The molecule has 0 aromatic carbocycles. The van der Waals surface area contributed by atoms with E-state index >= 15 is 0 Å². The van der Waals surface area contributed by atoms with Crippen LogP contribution in [0.2, 0.25) is 0 Å². The molecular formula is C21H31NO8S. The Hall–Kier alpha value is -2.23. The summed E-state index contributed by atoms with van der Waals surface area (Å²) >= 11 is 0.759. The predicted octanol–water partition coefficient (Wildman–Crippen LogP) is 3.71. The first-order chi connectivity index (χ1) is 14.5. The highest BCUT2D eigenvalue weighted by Crippen LogP contribution is 2.32. The van der Waals surface area contributed by atoms with Gasteiger partial charge >= 0.3 is 17.1 Å². The summed E-state index contributed by atoms with van der Waals surface area (Å²) in [5.41, 5.74) is 0. The molecular weight excluding hydrogens is 426 g/mol. The normalized spacial score (nSPS) is 16.1. The first kappa shape index (κ1) is 25.0. The number of rotatable bonds is 8. The zero-order chi connectivity index (χ0) is 23.2. The Morgan fingerprint density at radius 1 is 1.16 bits per heavy atom. The van der Waals surface area contributed by atoms with Crippen LogP contribution in [0.1, 0.15) is 71.3 Å². The first-order valence-electron chi connectivity index (χ1n) is 10.5. The van der Waals surface area contributed by atoms with Gasteiger partial charge in [0.2, 0.25) is 5.91 Å². The molecule has 2 rings (SSSR count). The lowest BCUT2D eigenvalue weighted by molar-refractivity contribution is -0.155. The number of nitrogens with one attached hydrogen (secondary N) is 1. The monoisotopic (exact) mass is 457 g/mol. The lowest BCUT2D eigenvalue weighted by atomic mass is 9.97. The molecule has 10 heteroatoms. The van der Waals surface area contributed by atoms with E-state index in [1.165, 1.54) is 6.92 Å². The number of ether oxygens (including phenoxy) is 2. The minimum absolute atomic E-state index is 0.109. The highest BCUT2D eigenvalue weighted by atomic mass is 32.2. The number of amides is 1.